The van der Waals surface area contributed by atoms with Crippen molar-refractivity contribution < 1.29 is 28.5 Å². The maximum Gasteiger partial charge on any atom is 0.412 e. The van der Waals surface area contributed by atoms with Gasteiger partial charge < -0.3 is 24.3 Å². The number of carbonyl (C=O) groups is 2. The van der Waals surface area contributed by atoms with Crippen LogP contribution in [0.3, 0.4) is 0 Å². The monoisotopic (exact) mass is 636 g/mol. The number of fused-ring (bicyclic) bond motifs is 1. The Morgan fingerprint density at radius 1 is 1.02 bits per heavy atom. The normalized spacial score (nSPS) is 18.9. The molecule has 2 aliphatic rings. The Kier molecular flexibility index (Phi) is 10.1. The van der Waals surface area contributed by atoms with Crippen molar-refractivity contribution in [3.05, 3.63) is 94.5 Å². The maximum atomic E-state index is 12.6. The number of carbonyl (C=O) groups excluding carboxylic acids is 2. The minimum atomic E-state index is -1.03. The molecular formula is C34H34Cl2N2O6. The van der Waals surface area contributed by atoms with Crippen LogP contribution in [-0.2, 0) is 16.0 Å². The molecule has 1 N–H and O–H groups in total. The number of hydrogen-bond donors (Lipinski definition) is 1. The number of nitriles is 1. The molecule has 0 bridgehead atoms. The van der Waals surface area contributed by atoms with Crippen LogP contribution in [0.1, 0.15) is 44.9 Å². The SMILES string of the molecule is CC1(C)[C@H](C=C(Cl)Cl)[C@H]1C(=O)OC(C#N)c1cccc(Oc2ccccc2)c1.CNC(=O)Oc1cccc2c1OC(C)(C)C2. The van der Waals surface area contributed by atoms with Gasteiger partial charge in [0, 0.05) is 24.6 Å². The van der Waals surface area contributed by atoms with Gasteiger partial charge in [-0.05, 0) is 61.6 Å². The molecular weight excluding hydrogens is 603 g/mol. The van der Waals surface area contributed by atoms with Crippen LogP contribution >= 0.6 is 23.2 Å². The number of nitrogens with one attached hydrogen (secondary N) is 1. The van der Waals surface area contributed by atoms with Crippen LogP contribution in [0.25, 0.3) is 0 Å². The number of ether oxygens (including phenoxy) is 4. The van der Waals surface area contributed by atoms with Gasteiger partial charge in [-0.2, -0.15) is 5.26 Å². The highest BCUT2D eigenvalue weighted by Gasteiger charge is 2.62. The minimum Gasteiger partial charge on any atom is -0.483 e. The van der Waals surface area contributed by atoms with Crippen LogP contribution in [0.2, 0.25) is 0 Å². The first-order valence-corrected chi connectivity index (χ1v) is 14.8. The summed E-state index contributed by atoms with van der Waals surface area (Å²) in [5, 5.41) is 11.9. The Hall–Kier alpha value is -4.19. The first-order chi connectivity index (χ1) is 20.8. The van der Waals surface area contributed by atoms with Crippen LogP contribution in [0, 0.1) is 28.6 Å². The Morgan fingerprint density at radius 3 is 2.36 bits per heavy atom. The predicted molar refractivity (Wildman–Crippen MR) is 168 cm³/mol. The molecule has 1 aliphatic heterocycles. The van der Waals surface area contributed by atoms with Crippen molar-refractivity contribution in [2.75, 3.05) is 7.05 Å². The summed E-state index contributed by atoms with van der Waals surface area (Å²) in [4.78, 5) is 23.8. The molecule has 44 heavy (non-hydrogen) atoms. The fourth-order valence-electron chi connectivity index (χ4n) is 5.12. The number of esters is 1. The highest BCUT2D eigenvalue weighted by atomic mass is 35.5. The summed E-state index contributed by atoms with van der Waals surface area (Å²) in [6.07, 6.45) is 0.957. The summed E-state index contributed by atoms with van der Waals surface area (Å²) >= 11 is 11.5. The smallest absolute Gasteiger partial charge is 0.412 e. The van der Waals surface area contributed by atoms with E-state index in [-0.39, 0.29) is 27.3 Å². The van der Waals surface area contributed by atoms with E-state index in [0.29, 0.717) is 28.6 Å². The number of hydrogen-bond acceptors (Lipinski definition) is 7. The fourth-order valence-corrected chi connectivity index (χ4v) is 5.39. The predicted octanol–water partition coefficient (Wildman–Crippen LogP) is 8.30. The average Bonchev–Trinajstić information content (AvgIpc) is 3.34. The third-order valence-electron chi connectivity index (χ3n) is 7.42. The zero-order valence-electron chi connectivity index (χ0n) is 25.1. The van der Waals surface area contributed by atoms with Gasteiger partial charge in [-0.1, -0.05) is 79.5 Å². The minimum absolute atomic E-state index is 0.114. The van der Waals surface area contributed by atoms with Gasteiger partial charge >= 0.3 is 12.1 Å². The fraction of sp³-hybridized carbons (Fsp3) is 0.324. The summed E-state index contributed by atoms with van der Waals surface area (Å²) in [5.74, 6) is 1.44. The molecule has 1 saturated carbocycles. The second-order valence-corrected chi connectivity index (χ2v) is 12.6. The van der Waals surface area contributed by atoms with Gasteiger partial charge in [0.2, 0.25) is 6.10 Å². The Bertz CT molecular complexity index is 1580. The Morgan fingerprint density at radius 2 is 1.70 bits per heavy atom. The molecule has 1 heterocycles. The molecule has 3 atom stereocenters. The van der Waals surface area contributed by atoms with Gasteiger partial charge in [-0.15, -0.1) is 0 Å². The van der Waals surface area contributed by atoms with Gasteiger partial charge in [0.05, 0.1) is 5.92 Å². The van der Waals surface area contributed by atoms with Gasteiger partial charge in [-0.25, -0.2) is 4.79 Å². The number of nitrogens with zero attached hydrogens (tertiary/aromatic N) is 1. The van der Waals surface area contributed by atoms with Gasteiger partial charge in [-0.3, -0.25) is 4.79 Å². The zero-order valence-corrected chi connectivity index (χ0v) is 26.6. The molecule has 0 spiro atoms. The van der Waals surface area contributed by atoms with E-state index in [0.717, 1.165) is 12.0 Å². The molecule has 10 heteroatoms. The Labute approximate surface area is 267 Å². The summed E-state index contributed by atoms with van der Waals surface area (Å²) in [7, 11) is 1.52. The first kappa shape index (κ1) is 32.7. The third kappa shape index (κ3) is 8.04. The second-order valence-electron chi connectivity index (χ2n) is 11.6. The summed E-state index contributed by atoms with van der Waals surface area (Å²) in [5.41, 5.74) is 1.08. The average molecular weight is 638 g/mol. The van der Waals surface area contributed by atoms with E-state index in [1.54, 1.807) is 36.4 Å². The van der Waals surface area contributed by atoms with E-state index in [4.69, 9.17) is 42.1 Å². The standard InChI is InChI=1S/C22H19Cl2NO3.C12H15NO3/c1-22(2)17(12-19(23)24)20(22)21(26)28-18(13-25)14-7-6-10-16(11-14)27-15-8-4-3-5-9-15;1-12(2)7-8-5-4-6-9(10(8)16-12)15-11(14)13-3/h3-12,17-18,20H,1-2H3;4-6H,7H2,1-3H3,(H,13,14)/t17-,18?,20+;/m1./s1. The molecule has 1 fully saturated rings. The van der Waals surface area contributed by atoms with Crippen molar-refractivity contribution in [2.24, 2.45) is 17.3 Å². The van der Waals surface area contributed by atoms with Gasteiger partial charge in [0.15, 0.2) is 11.5 Å². The van der Waals surface area contributed by atoms with Crippen molar-refractivity contribution >= 4 is 35.3 Å². The lowest BCUT2D eigenvalue weighted by Gasteiger charge is -2.17. The van der Waals surface area contributed by atoms with E-state index in [2.05, 4.69) is 5.32 Å². The van der Waals surface area contributed by atoms with Crippen LogP contribution < -0.4 is 19.5 Å². The van der Waals surface area contributed by atoms with Crippen LogP contribution in [0.15, 0.2) is 83.4 Å². The van der Waals surface area contributed by atoms with Crippen LogP contribution in [-0.4, -0.2) is 24.7 Å². The van der Waals surface area contributed by atoms with E-state index >= 15 is 0 Å². The van der Waals surface area contributed by atoms with Gasteiger partial charge in [0.25, 0.3) is 0 Å². The molecule has 1 aliphatic carbocycles. The molecule has 0 aromatic heterocycles. The van der Waals surface area contributed by atoms with E-state index < -0.39 is 18.2 Å². The number of allylic oxidation sites excluding steroid dienone is 1. The number of amides is 1. The highest BCUT2D eigenvalue weighted by molar-refractivity contribution is 6.55. The molecule has 1 amide bonds. The lowest BCUT2D eigenvalue weighted by molar-refractivity contribution is -0.149. The number of para-hydroxylation sites is 2. The number of rotatable bonds is 7. The molecule has 3 aromatic carbocycles. The quantitative estimate of drug-likeness (QED) is 0.260. The molecule has 1 unspecified atom stereocenters. The largest absolute Gasteiger partial charge is 0.483 e. The topological polar surface area (TPSA) is 107 Å². The third-order valence-corrected chi connectivity index (χ3v) is 7.67. The summed E-state index contributed by atoms with van der Waals surface area (Å²) in [6, 6.07) is 23.9. The van der Waals surface area contributed by atoms with Crippen molar-refractivity contribution in [2.45, 2.75) is 45.8 Å². The molecule has 8 nitrogen and oxygen atoms in total. The first-order valence-electron chi connectivity index (χ1n) is 14.0. The molecule has 0 saturated heterocycles. The highest BCUT2D eigenvalue weighted by Crippen LogP contribution is 2.60. The van der Waals surface area contributed by atoms with Crippen LogP contribution in [0.5, 0.6) is 23.0 Å². The lowest BCUT2D eigenvalue weighted by Crippen LogP contribution is -2.25. The maximum absolute atomic E-state index is 12.6. The second kappa shape index (κ2) is 13.6. The molecule has 5 rings (SSSR count). The number of halogens is 2. The van der Waals surface area contributed by atoms with Crippen molar-refractivity contribution in [1.29, 1.82) is 5.26 Å². The lowest BCUT2D eigenvalue weighted by atomic mass is 10.0. The molecule has 3 aromatic rings. The molecule has 230 valence electrons. The van der Waals surface area contributed by atoms with Crippen molar-refractivity contribution in [3.8, 4) is 29.1 Å². The number of benzene rings is 3. The van der Waals surface area contributed by atoms with E-state index in [9.17, 15) is 14.9 Å². The van der Waals surface area contributed by atoms with Crippen LogP contribution in [0.4, 0.5) is 4.79 Å². The molecule has 0 radical (unpaired) electrons. The van der Waals surface area contributed by atoms with Crippen molar-refractivity contribution in [1.82, 2.24) is 5.32 Å². The van der Waals surface area contributed by atoms with Gasteiger partial charge in [0.1, 0.15) is 27.7 Å². The van der Waals surface area contributed by atoms with Crippen molar-refractivity contribution in [3.63, 3.8) is 0 Å². The Balaban J connectivity index is 0.000000233. The van der Waals surface area contributed by atoms with E-state index in [1.165, 1.54) is 7.05 Å². The zero-order chi connectivity index (χ0) is 32.1. The summed E-state index contributed by atoms with van der Waals surface area (Å²) < 4.78 is 22.3. The van der Waals surface area contributed by atoms with E-state index in [1.807, 2.05) is 76.2 Å². The summed E-state index contributed by atoms with van der Waals surface area (Å²) in [6.45, 7) is 7.90.